The first-order valence-corrected chi connectivity index (χ1v) is 9.13. The molecule has 0 unspecified atom stereocenters. The van der Waals surface area contributed by atoms with Gasteiger partial charge in [0.2, 0.25) is 0 Å². The standard InChI is InChI=1S/C21H17Cl2N3O2/c22-18-10-7-15(11-19(18)23)13-28-16-8-5-14(6-9-16)12-25-26-21(27)17-3-1-2-4-20(17)24/h1-12H,13,24H2,(H,26,27)/b25-12+. The van der Waals surface area contributed by atoms with Crippen LogP contribution in [0.5, 0.6) is 5.75 Å². The summed E-state index contributed by atoms with van der Waals surface area (Å²) in [4.78, 5) is 12.0. The van der Waals surface area contributed by atoms with Gasteiger partial charge in [-0.05, 0) is 59.7 Å². The molecule has 0 atom stereocenters. The van der Waals surface area contributed by atoms with E-state index in [2.05, 4.69) is 10.5 Å². The van der Waals surface area contributed by atoms with Crippen LogP contribution in [-0.4, -0.2) is 12.1 Å². The molecule has 0 fully saturated rings. The van der Waals surface area contributed by atoms with Crippen molar-refractivity contribution in [3.8, 4) is 5.75 Å². The number of anilines is 1. The first-order chi connectivity index (χ1) is 13.5. The molecule has 0 radical (unpaired) electrons. The number of nitrogens with zero attached hydrogens (tertiary/aromatic N) is 1. The van der Waals surface area contributed by atoms with Gasteiger partial charge in [0.15, 0.2) is 0 Å². The lowest BCUT2D eigenvalue weighted by molar-refractivity contribution is 0.0956. The number of halogens is 2. The zero-order valence-electron chi connectivity index (χ0n) is 14.7. The fraction of sp³-hybridized carbons (Fsp3) is 0.0476. The number of ether oxygens (including phenoxy) is 1. The summed E-state index contributed by atoms with van der Waals surface area (Å²) in [6.45, 7) is 0.374. The van der Waals surface area contributed by atoms with E-state index in [1.54, 1.807) is 42.6 Å². The van der Waals surface area contributed by atoms with E-state index in [0.717, 1.165) is 11.1 Å². The van der Waals surface area contributed by atoms with Gasteiger partial charge >= 0.3 is 0 Å². The second kappa shape index (κ2) is 9.26. The molecule has 3 N–H and O–H groups in total. The first-order valence-electron chi connectivity index (χ1n) is 8.37. The number of para-hydroxylation sites is 1. The molecule has 3 aromatic carbocycles. The maximum atomic E-state index is 12.0. The zero-order valence-corrected chi connectivity index (χ0v) is 16.2. The van der Waals surface area contributed by atoms with Crippen LogP contribution in [0.2, 0.25) is 10.0 Å². The lowest BCUT2D eigenvalue weighted by Gasteiger charge is -2.07. The molecule has 0 aliphatic rings. The summed E-state index contributed by atoms with van der Waals surface area (Å²) in [5.74, 6) is 0.334. The van der Waals surface area contributed by atoms with E-state index in [0.29, 0.717) is 33.7 Å². The Kier molecular flexibility index (Phi) is 6.53. The SMILES string of the molecule is Nc1ccccc1C(=O)N/N=C/c1ccc(OCc2ccc(Cl)c(Cl)c2)cc1. The fourth-order valence-electron chi connectivity index (χ4n) is 2.38. The molecule has 28 heavy (non-hydrogen) atoms. The van der Waals surface area contributed by atoms with Crippen molar-refractivity contribution in [1.82, 2.24) is 5.43 Å². The number of hydrogen-bond acceptors (Lipinski definition) is 4. The van der Waals surface area contributed by atoms with Crippen molar-refractivity contribution in [2.24, 2.45) is 5.10 Å². The summed E-state index contributed by atoms with van der Waals surface area (Å²) in [7, 11) is 0. The van der Waals surface area contributed by atoms with E-state index in [4.69, 9.17) is 33.7 Å². The van der Waals surface area contributed by atoms with E-state index in [9.17, 15) is 4.79 Å². The Morgan fingerprint density at radius 1 is 1.04 bits per heavy atom. The highest BCUT2D eigenvalue weighted by molar-refractivity contribution is 6.42. The van der Waals surface area contributed by atoms with Crippen molar-refractivity contribution in [3.05, 3.63) is 93.5 Å². The van der Waals surface area contributed by atoms with Gasteiger partial charge in [0, 0.05) is 5.69 Å². The predicted octanol–water partition coefficient (Wildman–Crippen LogP) is 4.92. The maximum Gasteiger partial charge on any atom is 0.273 e. The lowest BCUT2D eigenvalue weighted by atomic mass is 10.2. The monoisotopic (exact) mass is 413 g/mol. The Bertz CT molecular complexity index is 1000. The van der Waals surface area contributed by atoms with Gasteiger partial charge in [0.25, 0.3) is 5.91 Å². The lowest BCUT2D eigenvalue weighted by Crippen LogP contribution is -2.18. The van der Waals surface area contributed by atoms with Gasteiger partial charge in [-0.25, -0.2) is 5.43 Å². The third kappa shape index (κ3) is 5.25. The number of hydrazone groups is 1. The molecule has 0 aromatic heterocycles. The van der Waals surface area contributed by atoms with E-state index >= 15 is 0 Å². The van der Waals surface area contributed by atoms with Crippen LogP contribution in [0, 0.1) is 0 Å². The molecule has 0 spiro atoms. The average molecular weight is 414 g/mol. The largest absolute Gasteiger partial charge is 0.489 e. The van der Waals surface area contributed by atoms with Crippen LogP contribution >= 0.6 is 23.2 Å². The van der Waals surface area contributed by atoms with Crippen LogP contribution in [0.3, 0.4) is 0 Å². The molecule has 0 bridgehead atoms. The topological polar surface area (TPSA) is 76.7 Å². The molecule has 1 amide bonds. The fourth-order valence-corrected chi connectivity index (χ4v) is 2.70. The van der Waals surface area contributed by atoms with Crippen LogP contribution in [0.25, 0.3) is 0 Å². The molecule has 0 saturated heterocycles. The number of amides is 1. The van der Waals surface area contributed by atoms with Crippen LogP contribution in [-0.2, 0) is 6.61 Å². The average Bonchev–Trinajstić information content (AvgIpc) is 2.70. The Balaban J connectivity index is 1.54. The van der Waals surface area contributed by atoms with Gasteiger partial charge in [-0.15, -0.1) is 0 Å². The number of nitrogen functional groups attached to an aromatic ring is 1. The summed E-state index contributed by atoms with van der Waals surface area (Å²) in [6, 6.07) is 19.5. The van der Waals surface area contributed by atoms with Gasteiger partial charge in [-0.2, -0.15) is 5.10 Å². The molecular weight excluding hydrogens is 397 g/mol. The first kappa shape index (κ1) is 19.7. The summed E-state index contributed by atoms with van der Waals surface area (Å²) in [5.41, 5.74) is 10.7. The van der Waals surface area contributed by atoms with Crippen molar-refractivity contribution < 1.29 is 9.53 Å². The summed E-state index contributed by atoms with van der Waals surface area (Å²) >= 11 is 11.9. The maximum absolute atomic E-state index is 12.0. The molecule has 3 aromatic rings. The molecular formula is C21H17Cl2N3O2. The molecule has 142 valence electrons. The highest BCUT2D eigenvalue weighted by Crippen LogP contribution is 2.23. The van der Waals surface area contributed by atoms with Crippen molar-refractivity contribution in [2.75, 3.05) is 5.73 Å². The highest BCUT2D eigenvalue weighted by Gasteiger charge is 2.07. The van der Waals surface area contributed by atoms with Gasteiger partial charge in [-0.1, -0.05) is 41.4 Å². The van der Waals surface area contributed by atoms with E-state index in [1.807, 2.05) is 30.3 Å². The number of benzene rings is 3. The summed E-state index contributed by atoms with van der Waals surface area (Å²) in [5, 5.41) is 4.96. The third-order valence-corrected chi connectivity index (χ3v) is 4.59. The smallest absolute Gasteiger partial charge is 0.273 e. The second-order valence-corrected chi connectivity index (χ2v) is 6.71. The minimum atomic E-state index is -0.365. The number of nitrogens with two attached hydrogens (primary N) is 1. The zero-order chi connectivity index (χ0) is 19.9. The van der Waals surface area contributed by atoms with Crippen molar-refractivity contribution >= 4 is 41.0 Å². The number of rotatable bonds is 6. The molecule has 7 heteroatoms. The summed E-state index contributed by atoms with van der Waals surface area (Å²) in [6.07, 6.45) is 1.54. The van der Waals surface area contributed by atoms with Crippen LogP contribution < -0.4 is 15.9 Å². The Morgan fingerprint density at radius 3 is 2.50 bits per heavy atom. The molecule has 0 aliphatic carbocycles. The van der Waals surface area contributed by atoms with E-state index in [1.165, 1.54) is 0 Å². The van der Waals surface area contributed by atoms with Gasteiger partial charge in [0.05, 0.1) is 21.8 Å². The molecule has 3 rings (SSSR count). The Labute approximate surface area is 172 Å². The highest BCUT2D eigenvalue weighted by atomic mass is 35.5. The summed E-state index contributed by atoms with van der Waals surface area (Å²) < 4.78 is 5.73. The second-order valence-electron chi connectivity index (χ2n) is 5.89. The quantitative estimate of drug-likeness (QED) is 0.342. The van der Waals surface area contributed by atoms with Crippen LogP contribution in [0.4, 0.5) is 5.69 Å². The number of hydrogen-bond donors (Lipinski definition) is 2. The van der Waals surface area contributed by atoms with Gasteiger partial charge in [0.1, 0.15) is 12.4 Å². The van der Waals surface area contributed by atoms with Crippen molar-refractivity contribution in [2.45, 2.75) is 6.61 Å². The molecule has 0 saturated carbocycles. The van der Waals surface area contributed by atoms with Gasteiger partial charge < -0.3 is 10.5 Å². The number of carbonyl (C=O) groups is 1. The predicted molar refractivity (Wildman–Crippen MR) is 113 cm³/mol. The number of nitrogens with one attached hydrogen (secondary N) is 1. The van der Waals surface area contributed by atoms with Crippen LogP contribution in [0.15, 0.2) is 71.8 Å². The Morgan fingerprint density at radius 2 is 1.79 bits per heavy atom. The van der Waals surface area contributed by atoms with E-state index < -0.39 is 0 Å². The van der Waals surface area contributed by atoms with Crippen LogP contribution in [0.1, 0.15) is 21.5 Å². The molecule has 0 heterocycles. The normalized spacial score (nSPS) is 10.8. The van der Waals surface area contributed by atoms with E-state index in [-0.39, 0.29) is 5.91 Å². The third-order valence-electron chi connectivity index (χ3n) is 3.85. The Hall–Kier alpha value is -3.02. The molecule has 5 nitrogen and oxygen atoms in total. The number of carbonyl (C=O) groups excluding carboxylic acids is 1. The minimum Gasteiger partial charge on any atom is -0.489 e. The van der Waals surface area contributed by atoms with Crippen molar-refractivity contribution in [1.29, 1.82) is 0 Å². The van der Waals surface area contributed by atoms with Gasteiger partial charge in [-0.3, -0.25) is 4.79 Å². The van der Waals surface area contributed by atoms with Crippen molar-refractivity contribution in [3.63, 3.8) is 0 Å². The molecule has 0 aliphatic heterocycles. The minimum absolute atomic E-state index is 0.365.